The van der Waals surface area contributed by atoms with Gasteiger partial charge in [0.2, 0.25) is 0 Å². The lowest BCUT2D eigenvalue weighted by Gasteiger charge is -2.13. The number of aldehydes is 1. The molecule has 18 heavy (non-hydrogen) atoms. The lowest BCUT2D eigenvalue weighted by Crippen LogP contribution is -2.12. The zero-order chi connectivity index (χ0) is 13.5. The Hall–Kier alpha value is -1.84. The van der Waals surface area contributed by atoms with Gasteiger partial charge in [0.15, 0.2) is 0 Å². The number of carboxylic acid groups (broad SMARTS) is 1. The predicted molar refractivity (Wildman–Crippen MR) is 67.9 cm³/mol. The standard InChI is InChI=1S/C14H18O4/c1-10(2)18-12-7-5-11(6-8-12)13(14(16)17)4-3-9-15/h5-10,13H,3-4H2,1-2H3,(H,16,17). The molecule has 0 spiro atoms. The molecule has 0 aliphatic carbocycles. The molecule has 98 valence electrons. The molecule has 1 unspecified atom stereocenters. The first kappa shape index (κ1) is 14.2. The summed E-state index contributed by atoms with van der Waals surface area (Å²) in [5, 5.41) is 9.12. The number of rotatable bonds is 7. The number of benzene rings is 1. The predicted octanol–water partition coefficient (Wildman–Crippen LogP) is 2.62. The summed E-state index contributed by atoms with van der Waals surface area (Å²) >= 11 is 0. The SMILES string of the molecule is CC(C)Oc1ccc(C(CCC=O)C(=O)O)cc1. The third kappa shape index (κ3) is 4.20. The molecule has 1 N–H and O–H groups in total. The van der Waals surface area contributed by atoms with Gasteiger partial charge < -0.3 is 14.6 Å². The molecule has 0 aliphatic heterocycles. The molecule has 0 radical (unpaired) electrons. The van der Waals surface area contributed by atoms with Crippen LogP contribution in [0.15, 0.2) is 24.3 Å². The first-order valence-electron chi connectivity index (χ1n) is 5.97. The van der Waals surface area contributed by atoms with Gasteiger partial charge in [0.05, 0.1) is 12.0 Å². The highest BCUT2D eigenvalue weighted by Gasteiger charge is 2.19. The van der Waals surface area contributed by atoms with Crippen LogP contribution in [0.1, 0.15) is 38.2 Å². The molecular formula is C14H18O4. The summed E-state index contributed by atoms with van der Waals surface area (Å²) in [6.45, 7) is 3.86. The maximum absolute atomic E-state index is 11.1. The second-order valence-electron chi connectivity index (χ2n) is 4.37. The minimum atomic E-state index is -0.908. The van der Waals surface area contributed by atoms with Crippen LogP contribution in [0.3, 0.4) is 0 Å². The average Bonchev–Trinajstić information content (AvgIpc) is 2.30. The Morgan fingerprint density at radius 1 is 1.33 bits per heavy atom. The zero-order valence-electron chi connectivity index (χ0n) is 10.6. The normalized spacial score (nSPS) is 12.2. The molecule has 0 aliphatic rings. The molecule has 0 saturated carbocycles. The van der Waals surface area contributed by atoms with Crippen molar-refractivity contribution in [3.63, 3.8) is 0 Å². The highest BCUT2D eigenvalue weighted by atomic mass is 16.5. The summed E-state index contributed by atoms with van der Waals surface area (Å²) in [7, 11) is 0. The molecule has 1 aromatic carbocycles. The van der Waals surface area contributed by atoms with E-state index in [1.54, 1.807) is 24.3 Å². The fraction of sp³-hybridized carbons (Fsp3) is 0.429. The van der Waals surface area contributed by atoms with Crippen LogP contribution < -0.4 is 4.74 Å². The summed E-state index contributed by atoms with van der Waals surface area (Å²) in [5.74, 6) is -0.828. The lowest BCUT2D eigenvalue weighted by molar-refractivity contribution is -0.139. The molecule has 0 aromatic heterocycles. The van der Waals surface area contributed by atoms with Gasteiger partial charge >= 0.3 is 5.97 Å². The third-order valence-electron chi connectivity index (χ3n) is 2.53. The lowest BCUT2D eigenvalue weighted by atomic mass is 9.94. The van der Waals surface area contributed by atoms with Crippen molar-refractivity contribution in [3.05, 3.63) is 29.8 Å². The van der Waals surface area contributed by atoms with E-state index in [1.807, 2.05) is 13.8 Å². The fourth-order valence-corrected chi connectivity index (χ4v) is 1.72. The van der Waals surface area contributed by atoms with Crippen molar-refractivity contribution in [2.75, 3.05) is 0 Å². The van der Waals surface area contributed by atoms with Crippen molar-refractivity contribution in [2.45, 2.75) is 38.7 Å². The number of carbonyl (C=O) groups is 2. The molecule has 1 atom stereocenters. The first-order valence-corrected chi connectivity index (χ1v) is 5.97. The average molecular weight is 250 g/mol. The van der Waals surface area contributed by atoms with Crippen molar-refractivity contribution >= 4 is 12.3 Å². The quantitative estimate of drug-likeness (QED) is 0.755. The van der Waals surface area contributed by atoms with E-state index >= 15 is 0 Å². The van der Waals surface area contributed by atoms with E-state index in [0.29, 0.717) is 17.7 Å². The van der Waals surface area contributed by atoms with Crippen molar-refractivity contribution in [2.24, 2.45) is 0 Å². The first-order chi connectivity index (χ1) is 8.54. The van der Waals surface area contributed by atoms with Crippen LogP contribution in [-0.2, 0) is 9.59 Å². The Morgan fingerprint density at radius 3 is 2.39 bits per heavy atom. The Labute approximate surface area is 107 Å². The van der Waals surface area contributed by atoms with Crippen LogP contribution >= 0.6 is 0 Å². The van der Waals surface area contributed by atoms with Crippen LogP contribution in [0.25, 0.3) is 0 Å². The summed E-state index contributed by atoms with van der Waals surface area (Å²) in [4.78, 5) is 21.4. The summed E-state index contributed by atoms with van der Waals surface area (Å²) < 4.78 is 5.49. The summed E-state index contributed by atoms with van der Waals surface area (Å²) in [5.41, 5.74) is 0.695. The van der Waals surface area contributed by atoms with E-state index in [0.717, 1.165) is 6.29 Å². The zero-order valence-corrected chi connectivity index (χ0v) is 10.6. The number of carboxylic acids is 1. The van der Waals surface area contributed by atoms with Gasteiger partial charge in [-0.15, -0.1) is 0 Å². The van der Waals surface area contributed by atoms with Gasteiger partial charge in [0.1, 0.15) is 12.0 Å². The molecule has 4 heteroatoms. The monoisotopic (exact) mass is 250 g/mol. The van der Waals surface area contributed by atoms with Gasteiger partial charge in [-0.2, -0.15) is 0 Å². The van der Waals surface area contributed by atoms with E-state index in [9.17, 15) is 9.59 Å². The molecule has 0 heterocycles. The minimum absolute atomic E-state index is 0.0844. The number of hydrogen-bond donors (Lipinski definition) is 1. The number of carbonyl (C=O) groups excluding carboxylic acids is 1. The Balaban J connectivity index is 2.79. The molecule has 1 rings (SSSR count). The second-order valence-corrected chi connectivity index (χ2v) is 4.37. The van der Waals surface area contributed by atoms with Gasteiger partial charge in [-0.3, -0.25) is 4.79 Å². The molecule has 0 saturated heterocycles. The largest absolute Gasteiger partial charge is 0.491 e. The topological polar surface area (TPSA) is 63.6 Å². The van der Waals surface area contributed by atoms with Crippen LogP contribution in [0.2, 0.25) is 0 Å². The Morgan fingerprint density at radius 2 is 1.94 bits per heavy atom. The van der Waals surface area contributed by atoms with Gasteiger partial charge in [-0.25, -0.2) is 0 Å². The van der Waals surface area contributed by atoms with Gasteiger partial charge in [0, 0.05) is 6.42 Å². The van der Waals surface area contributed by atoms with E-state index in [4.69, 9.17) is 9.84 Å². The molecule has 0 amide bonds. The summed E-state index contributed by atoms with van der Waals surface area (Å²) in [6.07, 6.45) is 1.40. The number of ether oxygens (including phenoxy) is 1. The van der Waals surface area contributed by atoms with Crippen LogP contribution in [-0.4, -0.2) is 23.5 Å². The second kappa shape index (κ2) is 6.79. The third-order valence-corrected chi connectivity index (χ3v) is 2.53. The van der Waals surface area contributed by atoms with E-state index in [2.05, 4.69) is 0 Å². The van der Waals surface area contributed by atoms with Gasteiger partial charge in [-0.1, -0.05) is 12.1 Å². The molecule has 0 bridgehead atoms. The highest BCUT2D eigenvalue weighted by molar-refractivity contribution is 5.76. The Kier molecular flexibility index (Phi) is 5.36. The minimum Gasteiger partial charge on any atom is -0.491 e. The van der Waals surface area contributed by atoms with Crippen molar-refractivity contribution in [1.29, 1.82) is 0 Å². The molecular weight excluding hydrogens is 232 g/mol. The molecule has 4 nitrogen and oxygen atoms in total. The van der Waals surface area contributed by atoms with E-state index < -0.39 is 11.9 Å². The van der Waals surface area contributed by atoms with Gasteiger partial charge in [0.25, 0.3) is 0 Å². The van der Waals surface area contributed by atoms with Crippen molar-refractivity contribution in [3.8, 4) is 5.75 Å². The number of hydrogen-bond acceptors (Lipinski definition) is 3. The van der Waals surface area contributed by atoms with Gasteiger partial charge in [-0.05, 0) is 38.0 Å². The number of aliphatic carboxylic acids is 1. The van der Waals surface area contributed by atoms with Crippen molar-refractivity contribution in [1.82, 2.24) is 0 Å². The maximum Gasteiger partial charge on any atom is 0.310 e. The fourth-order valence-electron chi connectivity index (χ4n) is 1.72. The van der Waals surface area contributed by atoms with E-state index in [-0.39, 0.29) is 12.5 Å². The smallest absolute Gasteiger partial charge is 0.310 e. The van der Waals surface area contributed by atoms with Crippen molar-refractivity contribution < 1.29 is 19.4 Å². The molecule has 0 fully saturated rings. The maximum atomic E-state index is 11.1. The summed E-state index contributed by atoms with van der Waals surface area (Å²) in [6, 6.07) is 6.99. The van der Waals surface area contributed by atoms with E-state index in [1.165, 1.54) is 0 Å². The van der Waals surface area contributed by atoms with Crippen LogP contribution in [0, 0.1) is 0 Å². The molecule has 1 aromatic rings. The van der Waals surface area contributed by atoms with Crippen LogP contribution in [0.4, 0.5) is 0 Å². The Bertz CT molecular complexity index is 395. The van der Waals surface area contributed by atoms with Crippen LogP contribution in [0.5, 0.6) is 5.75 Å². The highest BCUT2D eigenvalue weighted by Crippen LogP contribution is 2.24.